The van der Waals surface area contributed by atoms with Crippen molar-refractivity contribution in [2.75, 3.05) is 19.6 Å². The molecule has 1 aliphatic rings. The summed E-state index contributed by atoms with van der Waals surface area (Å²) in [7, 11) is 0. The van der Waals surface area contributed by atoms with Crippen LogP contribution in [0.2, 0.25) is 5.02 Å². The molecule has 1 saturated heterocycles. The van der Waals surface area contributed by atoms with Crippen molar-refractivity contribution >= 4 is 11.6 Å². The number of halogens is 2. The van der Waals surface area contributed by atoms with Crippen LogP contribution in [0.25, 0.3) is 11.3 Å². The third-order valence-electron chi connectivity index (χ3n) is 5.28. The second-order valence-corrected chi connectivity index (χ2v) is 7.86. The molecule has 7 heteroatoms. The third-order valence-corrected chi connectivity index (χ3v) is 5.64. The van der Waals surface area contributed by atoms with Gasteiger partial charge in [-0.3, -0.25) is 0 Å². The quantitative estimate of drug-likeness (QED) is 0.617. The van der Waals surface area contributed by atoms with Gasteiger partial charge < -0.3 is 10.6 Å². The summed E-state index contributed by atoms with van der Waals surface area (Å²) in [5.74, 6) is 0.351. The standard InChI is InChI=1S/C22H25ClFN5/c23-20-12-19(24)7-6-18(20)15-29-27-21(14-26-13-16-8-10-25-11-9-16)22(28-29)17-4-2-1-3-5-17/h1-7,12,16,25-26H,8-11,13-15H2. The average Bonchev–Trinajstić information content (AvgIpc) is 3.14. The highest BCUT2D eigenvalue weighted by Crippen LogP contribution is 2.22. The first kappa shape index (κ1) is 20.0. The van der Waals surface area contributed by atoms with Crippen LogP contribution in [-0.4, -0.2) is 34.6 Å². The molecule has 0 bridgehead atoms. The fourth-order valence-electron chi connectivity index (χ4n) is 3.68. The summed E-state index contributed by atoms with van der Waals surface area (Å²) < 4.78 is 13.3. The van der Waals surface area contributed by atoms with Crippen molar-refractivity contribution in [3.63, 3.8) is 0 Å². The highest BCUT2D eigenvalue weighted by atomic mass is 35.5. The van der Waals surface area contributed by atoms with Crippen LogP contribution in [0.5, 0.6) is 0 Å². The molecule has 0 amide bonds. The maximum absolute atomic E-state index is 13.3. The lowest BCUT2D eigenvalue weighted by molar-refractivity contribution is 0.355. The van der Waals surface area contributed by atoms with E-state index in [4.69, 9.17) is 21.8 Å². The second kappa shape index (κ2) is 9.48. The molecule has 2 N–H and O–H groups in total. The number of rotatable bonds is 7. The molecule has 0 spiro atoms. The van der Waals surface area contributed by atoms with Crippen molar-refractivity contribution in [3.05, 3.63) is 70.6 Å². The number of benzene rings is 2. The Morgan fingerprint density at radius 2 is 1.90 bits per heavy atom. The molecular formula is C22H25ClFN5. The van der Waals surface area contributed by atoms with Crippen LogP contribution >= 0.6 is 11.6 Å². The number of nitrogens with one attached hydrogen (secondary N) is 2. The lowest BCUT2D eigenvalue weighted by Crippen LogP contribution is -2.33. The Morgan fingerprint density at radius 1 is 1.10 bits per heavy atom. The molecule has 152 valence electrons. The first-order valence-electron chi connectivity index (χ1n) is 10.0. The van der Waals surface area contributed by atoms with Gasteiger partial charge in [-0.15, -0.1) is 0 Å². The zero-order valence-corrected chi connectivity index (χ0v) is 17.0. The Bertz CT molecular complexity index is 938. The van der Waals surface area contributed by atoms with Gasteiger partial charge in [0.1, 0.15) is 17.2 Å². The van der Waals surface area contributed by atoms with Gasteiger partial charge in [0.25, 0.3) is 0 Å². The second-order valence-electron chi connectivity index (χ2n) is 7.45. The van der Waals surface area contributed by atoms with Crippen LogP contribution in [0.4, 0.5) is 4.39 Å². The Morgan fingerprint density at radius 3 is 2.66 bits per heavy atom. The topological polar surface area (TPSA) is 54.8 Å². The molecule has 2 aromatic carbocycles. The average molecular weight is 414 g/mol. The minimum absolute atomic E-state index is 0.347. The molecule has 4 rings (SSSR count). The highest BCUT2D eigenvalue weighted by molar-refractivity contribution is 6.31. The van der Waals surface area contributed by atoms with Gasteiger partial charge >= 0.3 is 0 Å². The zero-order valence-electron chi connectivity index (χ0n) is 16.2. The van der Waals surface area contributed by atoms with Gasteiger partial charge in [-0.25, -0.2) is 4.39 Å². The smallest absolute Gasteiger partial charge is 0.124 e. The molecule has 0 saturated carbocycles. The van der Waals surface area contributed by atoms with E-state index in [0.29, 0.717) is 24.0 Å². The summed E-state index contributed by atoms with van der Waals surface area (Å²) in [5.41, 5.74) is 3.59. The molecule has 29 heavy (non-hydrogen) atoms. The van der Waals surface area contributed by atoms with Gasteiger partial charge in [-0.05, 0) is 56.1 Å². The summed E-state index contributed by atoms with van der Waals surface area (Å²) >= 11 is 6.19. The fourth-order valence-corrected chi connectivity index (χ4v) is 3.90. The lowest BCUT2D eigenvalue weighted by atomic mass is 9.98. The number of aromatic nitrogens is 3. The van der Waals surface area contributed by atoms with Gasteiger partial charge in [0.2, 0.25) is 0 Å². The first-order valence-corrected chi connectivity index (χ1v) is 10.4. The predicted octanol–water partition coefficient (Wildman–Crippen LogP) is 3.88. The number of hydrogen-bond acceptors (Lipinski definition) is 4. The lowest BCUT2D eigenvalue weighted by Gasteiger charge is -2.22. The van der Waals surface area contributed by atoms with E-state index in [9.17, 15) is 4.39 Å². The maximum Gasteiger partial charge on any atom is 0.124 e. The van der Waals surface area contributed by atoms with Crippen LogP contribution < -0.4 is 10.6 Å². The van der Waals surface area contributed by atoms with E-state index in [1.165, 1.54) is 25.0 Å². The monoisotopic (exact) mass is 413 g/mol. The van der Waals surface area contributed by atoms with E-state index in [0.717, 1.165) is 42.1 Å². The summed E-state index contributed by atoms with van der Waals surface area (Å²) in [6.45, 7) is 4.22. The Balaban J connectivity index is 1.52. The van der Waals surface area contributed by atoms with Crippen LogP contribution in [0, 0.1) is 11.7 Å². The molecule has 3 aromatic rings. The number of hydrogen-bond donors (Lipinski definition) is 2. The predicted molar refractivity (Wildman–Crippen MR) is 113 cm³/mol. The van der Waals surface area contributed by atoms with Crippen molar-refractivity contribution in [3.8, 4) is 11.3 Å². The number of nitrogens with zero attached hydrogens (tertiary/aromatic N) is 3. The molecule has 0 atom stereocenters. The van der Waals surface area contributed by atoms with Crippen molar-refractivity contribution < 1.29 is 4.39 Å². The minimum Gasteiger partial charge on any atom is -0.317 e. The van der Waals surface area contributed by atoms with Crippen LogP contribution in [0.1, 0.15) is 24.1 Å². The molecule has 0 unspecified atom stereocenters. The minimum atomic E-state index is -0.347. The van der Waals surface area contributed by atoms with Crippen molar-refractivity contribution in [1.29, 1.82) is 0 Å². The van der Waals surface area contributed by atoms with Gasteiger partial charge in [-0.1, -0.05) is 48.0 Å². The molecular weight excluding hydrogens is 389 g/mol. The number of piperidine rings is 1. The Labute approximate surface area is 175 Å². The van der Waals surface area contributed by atoms with Crippen LogP contribution in [-0.2, 0) is 13.1 Å². The highest BCUT2D eigenvalue weighted by Gasteiger charge is 2.16. The van der Waals surface area contributed by atoms with Crippen molar-refractivity contribution in [1.82, 2.24) is 25.6 Å². The first-order chi connectivity index (χ1) is 14.2. The van der Waals surface area contributed by atoms with Gasteiger partial charge in [0, 0.05) is 17.1 Å². The van der Waals surface area contributed by atoms with E-state index in [-0.39, 0.29) is 5.82 Å². The van der Waals surface area contributed by atoms with Gasteiger partial charge in [0.05, 0.1) is 6.54 Å². The molecule has 2 heterocycles. The van der Waals surface area contributed by atoms with Gasteiger partial charge in [0.15, 0.2) is 0 Å². The largest absolute Gasteiger partial charge is 0.317 e. The summed E-state index contributed by atoms with van der Waals surface area (Å²) in [4.78, 5) is 1.64. The van der Waals surface area contributed by atoms with E-state index >= 15 is 0 Å². The summed E-state index contributed by atoms with van der Waals surface area (Å²) in [6.07, 6.45) is 2.41. The molecule has 5 nitrogen and oxygen atoms in total. The molecule has 0 aliphatic carbocycles. The Kier molecular flexibility index (Phi) is 6.54. The summed E-state index contributed by atoms with van der Waals surface area (Å²) in [6, 6.07) is 14.5. The van der Waals surface area contributed by atoms with E-state index in [2.05, 4.69) is 10.6 Å². The molecule has 1 fully saturated rings. The Hall–Kier alpha value is -2.28. The molecule has 1 aliphatic heterocycles. The van der Waals surface area contributed by atoms with Crippen LogP contribution in [0.15, 0.2) is 48.5 Å². The fraction of sp³-hybridized carbons (Fsp3) is 0.364. The zero-order chi connectivity index (χ0) is 20.1. The summed E-state index contributed by atoms with van der Waals surface area (Å²) in [5, 5.41) is 16.8. The SMILES string of the molecule is Fc1ccc(Cn2nc(CNCC3CCNCC3)c(-c3ccccc3)n2)c(Cl)c1. The van der Waals surface area contributed by atoms with E-state index in [1.807, 2.05) is 30.3 Å². The maximum atomic E-state index is 13.3. The third kappa shape index (κ3) is 5.21. The van der Waals surface area contributed by atoms with E-state index in [1.54, 1.807) is 10.9 Å². The normalized spacial score (nSPS) is 15.0. The van der Waals surface area contributed by atoms with Crippen LogP contribution in [0.3, 0.4) is 0 Å². The molecule has 0 radical (unpaired) electrons. The van der Waals surface area contributed by atoms with Crippen molar-refractivity contribution in [2.45, 2.75) is 25.9 Å². The van der Waals surface area contributed by atoms with E-state index < -0.39 is 0 Å². The van der Waals surface area contributed by atoms with Gasteiger partial charge in [-0.2, -0.15) is 15.0 Å². The molecule has 1 aromatic heterocycles. The van der Waals surface area contributed by atoms with Crippen molar-refractivity contribution in [2.24, 2.45) is 5.92 Å².